The number of thioether (sulfide) groups is 1. The molecule has 0 fully saturated rings. The number of hydrogen-bond donors (Lipinski definition) is 0. The molecule has 9 heteroatoms. The van der Waals surface area contributed by atoms with Gasteiger partial charge >= 0.3 is 0 Å². The first-order chi connectivity index (χ1) is 16.1. The van der Waals surface area contributed by atoms with Crippen LogP contribution < -0.4 is 9.47 Å². The lowest BCUT2D eigenvalue weighted by atomic mass is 10.2. The van der Waals surface area contributed by atoms with Gasteiger partial charge in [-0.05, 0) is 48.9 Å². The maximum absolute atomic E-state index is 11.1. The fraction of sp³-hybridized carbons (Fsp3) is 0.167. The van der Waals surface area contributed by atoms with Crippen LogP contribution >= 0.6 is 11.8 Å². The van der Waals surface area contributed by atoms with Crippen molar-refractivity contribution in [2.45, 2.75) is 17.8 Å². The summed E-state index contributed by atoms with van der Waals surface area (Å²) in [5, 5.41) is 20.7. The third-order valence-corrected chi connectivity index (χ3v) is 5.86. The zero-order valence-corrected chi connectivity index (χ0v) is 19.0. The maximum Gasteiger partial charge on any atom is 0.269 e. The molecule has 8 nitrogen and oxygen atoms in total. The van der Waals surface area contributed by atoms with Crippen molar-refractivity contribution in [2.75, 3.05) is 13.7 Å². The second kappa shape index (κ2) is 10.2. The van der Waals surface area contributed by atoms with Gasteiger partial charge in [0, 0.05) is 29.1 Å². The molecule has 0 bridgehead atoms. The predicted molar refractivity (Wildman–Crippen MR) is 127 cm³/mol. The topological polar surface area (TPSA) is 92.3 Å². The molecule has 0 saturated heterocycles. The Labute approximate surface area is 195 Å². The highest BCUT2D eigenvalue weighted by atomic mass is 32.2. The van der Waals surface area contributed by atoms with Gasteiger partial charge in [-0.1, -0.05) is 36.0 Å². The third kappa shape index (κ3) is 5.15. The summed E-state index contributed by atoms with van der Waals surface area (Å²) < 4.78 is 12.9. The Kier molecular flexibility index (Phi) is 6.89. The van der Waals surface area contributed by atoms with E-state index >= 15 is 0 Å². The summed E-state index contributed by atoms with van der Waals surface area (Å²) in [6.45, 7) is 2.53. The van der Waals surface area contributed by atoms with Crippen molar-refractivity contribution in [1.29, 1.82) is 0 Å². The van der Waals surface area contributed by atoms with Gasteiger partial charge in [0.25, 0.3) is 5.69 Å². The molecule has 3 aromatic carbocycles. The van der Waals surface area contributed by atoms with Crippen molar-refractivity contribution in [3.05, 3.63) is 88.5 Å². The second-order valence-corrected chi connectivity index (χ2v) is 7.96. The van der Waals surface area contributed by atoms with Crippen molar-refractivity contribution in [3.63, 3.8) is 0 Å². The molecule has 33 heavy (non-hydrogen) atoms. The number of aromatic nitrogens is 3. The summed E-state index contributed by atoms with van der Waals surface area (Å²) in [4.78, 5) is 10.7. The Morgan fingerprint density at radius 2 is 1.79 bits per heavy atom. The van der Waals surface area contributed by atoms with Crippen molar-refractivity contribution >= 4 is 17.4 Å². The zero-order chi connectivity index (χ0) is 23.2. The average molecular weight is 463 g/mol. The molecule has 0 radical (unpaired) electrons. The molecular formula is C24H22N4O4S. The summed E-state index contributed by atoms with van der Waals surface area (Å²) in [5.74, 6) is 2.68. The summed E-state index contributed by atoms with van der Waals surface area (Å²) in [5.41, 5.74) is 2.64. The second-order valence-electron chi connectivity index (χ2n) is 7.02. The van der Waals surface area contributed by atoms with Crippen LogP contribution in [0.5, 0.6) is 11.5 Å². The smallest absolute Gasteiger partial charge is 0.269 e. The van der Waals surface area contributed by atoms with E-state index in [2.05, 4.69) is 10.2 Å². The minimum atomic E-state index is -0.391. The van der Waals surface area contributed by atoms with E-state index in [0.29, 0.717) is 23.3 Å². The Bertz CT molecular complexity index is 1260. The van der Waals surface area contributed by atoms with E-state index in [0.717, 1.165) is 28.3 Å². The third-order valence-electron chi connectivity index (χ3n) is 4.86. The molecule has 0 aliphatic heterocycles. The van der Waals surface area contributed by atoms with E-state index in [1.807, 2.05) is 66.1 Å². The van der Waals surface area contributed by atoms with Crippen LogP contribution in [0.1, 0.15) is 12.5 Å². The van der Waals surface area contributed by atoms with Gasteiger partial charge in [-0.25, -0.2) is 0 Å². The Balaban J connectivity index is 1.71. The standard InChI is InChI=1S/C24H22N4O4S/c1-3-32-21-12-10-19(11-13-21)27-23(18-7-5-9-22(15-18)31-2)25-26-24(27)33-16-17-6-4-8-20(14-17)28(29)30/h4-15H,3,16H2,1-2H3. The lowest BCUT2D eigenvalue weighted by molar-refractivity contribution is -0.384. The Hall–Kier alpha value is -3.85. The van der Waals surface area contributed by atoms with Crippen molar-refractivity contribution in [3.8, 4) is 28.6 Å². The Morgan fingerprint density at radius 1 is 1.00 bits per heavy atom. The van der Waals surface area contributed by atoms with Crippen LogP contribution in [-0.4, -0.2) is 33.4 Å². The summed E-state index contributed by atoms with van der Waals surface area (Å²) >= 11 is 1.46. The molecule has 4 rings (SSSR count). The minimum absolute atomic E-state index is 0.0677. The molecule has 0 unspecified atom stereocenters. The zero-order valence-electron chi connectivity index (χ0n) is 18.2. The molecular weight excluding hydrogens is 440 g/mol. The average Bonchev–Trinajstić information content (AvgIpc) is 3.27. The van der Waals surface area contributed by atoms with Crippen LogP contribution in [-0.2, 0) is 5.75 Å². The molecule has 0 saturated carbocycles. The highest BCUT2D eigenvalue weighted by molar-refractivity contribution is 7.98. The van der Waals surface area contributed by atoms with Gasteiger partial charge in [0.2, 0.25) is 0 Å². The number of benzene rings is 3. The van der Waals surface area contributed by atoms with Crippen LogP contribution in [0, 0.1) is 10.1 Å². The van der Waals surface area contributed by atoms with E-state index in [1.54, 1.807) is 19.2 Å². The maximum atomic E-state index is 11.1. The molecule has 0 aliphatic rings. The number of rotatable bonds is 9. The highest BCUT2D eigenvalue weighted by Gasteiger charge is 2.17. The van der Waals surface area contributed by atoms with E-state index < -0.39 is 4.92 Å². The van der Waals surface area contributed by atoms with E-state index in [-0.39, 0.29) is 5.69 Å². The number of nitrogens with zero attached hydrogens (tertiary/aromatic N) is 4. The molecule has 168 valence electrons. The van der Waals surface area contributed by atoms with Crippen LogP contribution in [0.3, 0.4) is 0 Å². The molecule has 4 aromatic rings. The van der Waals surface area contributed by atoms with Gasteiger partial charge < -0.3 is 9.47 Å². The number of hydrogen-bond acceptors (Lipinski definition) is 7. The minimum Gasteiger partial charge on any atom is -0.497 e. The van der Waals surface area contributed by atoms with E-state index in [9.17, 15) is 10.1 Å². The first-order valence-electron chi connectivity index (χ1n) is 10.3. The number of nitro groups is 1. The largest absolute Gasteiger partial charge is 0.497 e. The van der Waals surface area contributed by atoms with Gasteiger partial charge in [0.15, 0.2) is 11.0 Å². The fourth-order valence-corrected chi connectivity index (χ4v) is 4.21. The predicted octanol–water partition coefficient (Wildman–Crippen LogP) is 5.54. The van der Waals surface area contributed by atoms with Gasteiger partial charge in [0.1, 0.15) is 11.5 Å². The van der Waals surface area contributed by atoms with Gasteiger partial charge in [-0.2, -0.15) is 0 Å². The van der Waals surface area contributed by atoms with Crippen LogP contribution in [0.2, 0.25) is 0 Å². The first-order valence-corrected chi connectivity index (χ1v) is 11.3. The summed E-state index contributed by atoms with van der Waals surface area (Å²) in [6.07, 6.45) is 0. The SMILES string of the molecule is CCOc1ccc(-n2c(SCc3cccc([N+](=O)[O-])c3)nnc2-c2cccc(OC)c2)cc1. The number of methoxy groups -OCH3 is 1. The first kappa shape index (κ1) is 22.3. The molecule has 0 aliphatic carbocycles. The molecule has 0 atom stereocenters. The van der Waals surface area contributed by atoms with Gasteiger partial charge in [0.05, 0.1) is 18.6 Å². The number of non-ortho nitro benzene ring substituents is 1. The molecule has 0 amide bonds. The van der Waals surface area contributed by atoms with Gasteiger partial charge in [-0.15, -0.1) is 10.2 Å². The lowest BCUT2D eigenvalue weighted by Crippen LogP contribution is -2.01. The van der Waals surface area contributed by atoms with Gasteiger partial charge in [-0.3, -0.25) is 14.7 Å². The van der Waals surface area contributed by atoms with Crippen LogP contribution in [0.4, 0.5) is 5.69 Å². The molecule has 1 heterocycles. The Morgan fingerprint density at radius 3 is 2.52 bits per heavy atom. The number of nitro benzene ring substituents is 1. The summed E-state index contributed by atoms with van der Waals surface area (Å²) in [6, 6.07) is 22.0. The van der Waals surface area contributed by atoms with Crippen LogP contribution in [0.25, 0.3) is 17.1 Å². The van der Waals surface area contributed by atoms with E-state index in [4.69, 9.17) is 9.47 Å². The normalized spacial score (nSPS) is 10.7. The highest BCUT2D eigenvalue weighted by Crippen LogP contribution is 2.32. The van der Waals surface area contributed by atoms with E-state index in [1.165, 1.54) is 17.8 Å². The lowest BCUT2D eigenvalue weighted by Gasteiger charge is -2.12. The van der Waals surface area contributed by atoms with Crippen LogP contribution in [0.15, 0.2) is 78.0 Å². The molecule has 0 N–H and O–H groups in total. The molecule has 0 spiro atoms. The van der Waals surface area contributed by atoms with Crippen molar-refractivity contribution < 1.29 is 14.4 Å². The monoisotopic (exact) mass is 462 g/mol. The quantitative estimate of drug-likeness (QED) is 0.183. The number of ether oxygens (including phenoxy) is 2. The van der Waals surface area contributed by atoms with Crippen molar-refractivity contribution in [2.24, 2.45) is 0 Å². The van der Waals surface area contributed by atoms with Crippen molar-refractivity contribution in [1.82, 2.24) is 14.8 Å². The molecule has 1 aromatic heterocycles. The summed E-state index contributed by atoms with van der Waals surface area (Å²) in [7, 11) is 1.62. The fourth-order valence-electron chi connectivity index (χ4n) is 3.31.